The van der Waals surface area contributed by atoms with E-state index in [4.69, 9.17) is 5.73 Å². The highest BCUT2D eigenvalue weighted by molar-refractivity contribution is 8.27. The molecule has 14 heteroatoms. The number of para-hydroxylation sites is 6. The molecule has 3 aliphatic rings. The van der Waals surface area contributed by atoms with Gasteiger partial charge in [-0.25, -0.2) is 8.61 Å². The van der Waals surface area contributed by atoms with Crippen LogP contribution < -0.4 is 23.0 Å². The van der Waals surface area contributed by atoms with Gasteiger partial charge < -0.3 is 10.6 Å². The fourth-order valence-corrected chi connectivity index (χ4v) is 10.8. The molecule has 266 valence electrons. The smallest absolute Gasteiger partial charge is 0.0896 e. The largest absolute Gasteiger partial charge is 0.328 e. The lowest BCUT2D eigenvalue weighted by Gasteiger charge is -2.45. The molecule has 2 unspecified atom stereocenters. The first-order valence-corrected chi connectivity index (χ1v) is 19.2. The minimum Gasteiger partial charge on any atom is -0.328 e. The van der Waals surface area contributed by atoms with Crippen LogP contribution in [-0.2, 0) is 0 Å². The van der Waals surface area contributed by atoms with E-state index in [2.05, 4.69) is 4.90 Å². The fraction of sp³-hybridized carbons (Fsp3) is 0.314. The van der Waals surface area contributed by atoms with Crippen LogP contribution in [0.1, 0.15) is 32.1 Å². The minimum atomic E-state index is -3.28. The van der Waals surface area contributed by atoms with E-state index in [0.29, 0.717) is 13.1 Å². The van der Waals surface area contributed by atoms with E-state index in [1.807, 2.05) is 109 Å². The van der Waals surface area contributed by atoms with E-state index >= 15 is 0 Å². The molecule has 0 bridgehead atoms. The van der Waals surface area contributed by atoms with Crippen molar-refractivity contribution < 1.29 is 18.2 Å². The summed E-state index contributed by atoms with van der Waals surface area (Å²) in [6.07, 6.45) is 4.20. The highest BCUT2D eigenvalue weighted by Gasteiger charge is 2.43. The topological polar surface area (TPSA) is 123 Å². The monoisotopic (exact) mass is 748 g/mol. The van der Waals surface area contributed by atoms with Crippen LogP contribution in [0.2, 0.25) is 0 Å². The van der Waals surface area contributed by atoms with E-state index in [9.17, 15) is 18.2 Å². The number of nitrogens with zero attached hydrogens (tertiary/aromatic N) is 5. The molecule has 4 aromatic rings. The van der Waals surface area contributed by atoms with Crippen LogP contribution in [0.4, 0.5) is 34.1 Å². The SMILES string of the molecule is Cl.Cl.NC1CCN(CCCN2c3ccccc3N(c3ccccc3)S2(O)O)C(CCCN2c3ccccc3N(c3ccccc3)S2(O)O)C1. The van der Waals surface area contributed by atoms with Gasteiger partial charge in [0.1, 0.15) is 0 Å². The molecule has 2 atom stereocenters. The van der Waals surface area contributed by atoms with Gasteiger partial charge in [-0.05, 0) is 109 Å². The van der Waals surface area contributed by atoms with Crippen molar-refractivity contribution in [3.8, 4) is 0 Å². The van der Waals surface area contributed by atoms with Crippen LogP contribution in [0.25, 0.3) is 0 Å². The number of hydrogen-bond acceptors (Lipinski definition) is 10. The molecule has 0 aliphatic carbocycles. The van der Waals surface area contributed by atoms with Crippen molar-refractivity contribution in [1.82, 2.24) is 4.90 Å². The Morgan fingerprint density at radius 3 is 1.49 bits per heavy atom. The van der Waals surface area contributed by atoms with Gasteiger partial charge in [0.15, 0.2) is 0 Å². The number of benzene rings is 4. The molecule has 3 heterocycles. The van der Waals surface area contributed by atoms with E-state index < -0.39 is 21.9 Å². The normalized spacial score (nSPS) is 22.1. The minimum absolute atomic E-state index is 0. The number of piperidine rings is 1. The third kappa shape index (κ3) is 7.18. The number of halogens is 2. The summed E-state index contributed by atoms with van der Waals surface area (Å²) in [7, 11) is -6.55. The lowest BCUT2D eigenvalue weighted by molar-refractivity contribution is 0.126. The maximum Gasteiger partial charge on any atom is 0.0896 e. The first kappa shape index (κ1) is 37.4. The Hall–Kier alpha value is -2.88. The van der Waals surface area contributed by atoms with E-state index in [-0.39, 0.29) is 36.9 Å². The summed E-state index contributed by atoms with van der Waals surface area (Å²) in [6, 6.07) is 34.9. The van der Waals surface area contributed by atoms with Crippen molar-refractivity contribution in [2.24, 2.45) is 5.73 Å². The molecule has 3 aliphatic heterocycles. The molecule has 1 saturated heterocycles. The quantitative estimate of drug-likeness (QED) is 0.107. The van der Waals surface area contributed by atoms with Crippen LogP contribution in [0.3, 0.4) is 0 Å². The number of fused-ring (bicyclic) bond motifs is 2. The van der Waals surface area contributed by atoms with Crippen LogP contribution in [-0.4, -0.2) is 61.4 Å². The zero-order valence-electron chi connectivity index (χ0n) is 27.1. The van der Waals surface area contributed by atoms with Gasteiger partial charge in [0.05, 0.1) is 34.1 Å². The van der Waals surface area contributed by atoms with Crippen molar-refractivity contribution in [2.75, 3.05) is 43.4 Å². The van der Waals surface area contributed by atoms with Crippen molar-refractivity contribution in [1.29, 1.82) is 0 Å². The number of anilines is 6. The summed E-state index contributed by atoms with van der Waals surface area (Å²) in [6.45, 7) is 2.69. The summed E-state index contributed by atoms with van der Waals surface area (Å²) in [5.41, 5.74) is 11.2. The average Bonchev–Trinajstić information content (AvgIpc) is 3.44. The third-order valence-corrected chi connectivity index (χ3v) is 13.1. The average molecular weight is 750 g/mol. The molecule has 49 heavy (non-hydrogen) atoms. The molecule has 0 saturated carbocycles. The molecule has 0 radical (unpaired) electrons. The summed E-state index contributed by atoms with van der Waals surface area (Å²) in [5, 5.41) is 0. The first-order chi connectivity index (χ1) is 22.8. The van der Waals surface area contributed by atoms with E-state index in [1.54, 1.807) is 17.2 Å². The summed E-state index contributed by atoms with van der Waals surface area (Å²) in [5.74, 6) is 0. The van der Waals surface area contributed by atoms with Crippen molar-refractivity contribution in [2.45, 2.75) is 44.2 Å². The molecular weight excluding hydrogens is 703 g/mol. The second-order valence-corrected chi connectivity index (χ2v) is 16.0. The Labute approximate surface area is 305 Å². The highest BCUT2D eigenvalue weighted by Crippen LogP contribution is 2.65. The van der Waals surface area contributed by atoms with Crippen molar-refractivity contribution in [3.05, 3.63) is 109 Å². The lowest BCUT2D eigenvalue weighted by Crippen LogP contribution is -2.48. The Morgan fingerprint density at radius 2 is 1.00 bits per heavy atom. The van der Waals surface area contributed by atoms with Crippen molar-refractivity contribution >= 4 is 80.9 Å². The number of rotatable bonds is 10. The predicted molar refractivity (Wildman–Crippen MR) is 211 cm³/mol. The summed E-state index contributed by atoms with van der Waals surface area (Å²) in [4.78, 5) is 2.48. The first-order valence-electron chi connectivity index (χ1n) is 16.3. The predicted octanol–water partition coefficient (Wildman–Crippen LogP) is 9.27. The van der Waals surface area contributed by atoms with Crippen LogP contribution >= 0.6 is 46.7 Å². The second kappa shape index (κ2) is 15.6. The molecule has 0 aromatic heterocycles. The molecule has 1 fully saturated rings. The molecule has 0 spiro atoms. The Kier molecular flexibility index (Phi) is 11.9. The fourth-order valence-electron chi connectivity index (χ4n) is 7.21. The maximum atomic E-state index is 11.6. The Balaban J connectivity index is 0.00000234. The van der Waals surface area contributed by atoms with Gasteiger partial charge in [-0.2, -0.15) is 0 Å². The number of likely N-dealkylation sites (tertiary alicyclic amines) is 1. The van der Waals surface area contributed by atoms with Crippen molar-refractivity contribution in [3.63, 3.8) is 0 Å². The second-order valence-electron chi connectivity index (χ2n) is 12.4. The molecule has 0 amide bonds. The summed E-state index contributed by atoms with van der Waals surface area (Å²) < 4.78 is 53.0. The standard InChI is InChI=1S/C35H44N6O4S2.2ClH/c36-28-22-26-37(23-12-25-39-33-19-8-10-21-35(33)41(47(39,44)45)30-15-5-2-6-16-30)31(27-28)17-11-24-38-32-18-7-9-20-34(32)40(46(38,42)43)29-13-3-1-4-14-29;;/h1-10,13-16,18-21,28,31,42-45H,11-12,17,22-27,36H2;2*1H. The molecular formula is C35H46Cl2N6O4S2. The number of hydrogen-bond donors (Lipinski definition) is 5. The van der Waals surface area contributed by atoms with E-state index in [1.165, 1.54) is 0 Å². The van der Waals surface area contributed by atoms with Gasteiger partial charge in [0.2, 0.25) is 0 Å². The molecule has 7 rings (SSSR count). The summed E-state index contributed by atoms with van der Waals surface area (Å²) >= 11 is 0. The van der Waals surface area contributed by atoms with Crippen LogP contribution in [0.5, 0.6) is 0 Å². The molecule has 6 N–H and O–H groups in total. The molecule has 4 aromatic carbocycles. The lowest BCUT2D eigenvalue weighted by atomic mass is 9.94. The zero-order chi connectivity index (χ0) is 32.6. The van der Waals surface area contributed by atoms with Gasteiger partial charge in [-0.3, -0.25) is 26.8 Å². The van der Waals surface area contributed by atoms with E-state index in [0.717, 1.165) is 79.3 Å². The van der Waals surface area contributed by atoms with Crippen LogP contribution in [0.15, 0.2) is 109 Å². The van der Waals surface area contributed by atoms with Gasteiger partial charge in [0.25, 0.3) is 0 Å². The van der Waals surface area contributed by atoms with Gasteiger partial charge in [-0.1, -0.05) is 60.7 Å². The van der Waals surface area contributed by atoms with Gasteiger partial charge in [-0.15, -0.1) is 24.8 Å². The van der Waals surface area contributed by atoms with Gasteiger partial charge in [0, 0.05) is 31.7 Å². The Morgan fingerprint density at radius 1 is 0.571 bits per heavy atom. The highest BCUT2D eigenvalue weighted by atomic mass is 35.5. The van der Waals surface area contributed by atoms with Gasteiger partial charge >= 0.3 is 0 Å². The van der Waals surface area contributed by atoms with Crippen LogP contribution in [0, 0.1) is 0 Å². The maximum absolute atomic E-state index is 11.6. The third-order valence-electron chi connectivity index (χ3n) is 9.38. The zero-order valence-corrected chi connectivity index (χ0v) is 30.4. The molecule has 10 nitrogen and oxygen atoms in total. The Bertz CT molecular complexity index is 1680. The number of nitrogens with two attached hydrogens (primary N) is 1.